The normalized spacial score (nSPS) is 13.1. The predicted molar refractivity (Wildman–Crippen MR) is 189 cm³/mol. The van der Waals surface area contributed by atoms with E-state index >= 15 is 0 Å². The SMILES string of the molecule is [H]/N=N/c1c(S(=O)(=O)O)c(-c2c(C)cc(-c3cc(C)c(-c4c(S(=O)(=O)O)c(/N=N/[H])c(O)c5ccccc45)c(C)c3)cc2C)c2ccccc2c1O. The summed E-state index contributed by atoms with van der Waals surface area (Å²) >= 11 is 0. The molecule has 0 fully saturated rings. The Bertz CT molecular complexity index is 2550. The summed E-state index contributed by atoms with van der Waals surface area (Å²) in [6, 6.07) is 20.1. The van der Waals surface area contributed by atoms with E-state index in [0.29, 0.717) is 55.3 Å². The third kappa shape index (κ3) is 5.38. The molecule has 0 aliphatic carbocycles. The molecular formula is C36H30N4O8S2. The molecular weight excluding hydrogens is 681 g/mol. The monoisotopic (exact) mass is 710 g/mol. The van der Waals surface area contributed by atoms with Crippen molar-refractivity contribution in [3.63, 3.8) is 0 Å². The Balaban J connectivity index is 1.63. The lowest BCUT2D eigenvalue weighted by Crippen LogP contribution is -2.05. The van der Waals surface area contributed by atoms with Gasteiger partial charge in [0.15, 0.2) is 11.5 Å². The van der Waals surface area contributed by atoms with E-state index in [0.717, 1.165) is 0 Å². The van der Waals surface area contributed by atoms with Crippen molar-refractivity contribution in [3.8, 4) is 44.9 Å². The molecule has 0 bridgehead atoms. The molecule has 0 heterocycles. The average molecular weight is 711 g/mol. The van der Waals surface area contributed by atoms with Gasteiger partial charge in [-0.15, -0.1) is 0 Å². The third-order valence-electron chi connectivity index (χ3n) is 8.85. The molecule has 0 saturated heterocycles. The summed E-state index contributed by atoms with van der Waals surface area (Å²) in [7, 11) is -10.0. The van der Waals surface area contributed by atoms with Gasteiger partial charge in [-0.1, -0.05) is 72.8 Å². The Kier molecular flexibility index (Phi) is 7.68. The van der Waals surface area contributed by atoms with Gasteiger partial charge in [0.1, 0.15) is 21.2 Å². The quantitative estimate of drug-likeness (QED) is 0.0690. The second-order valence-corrected chi connectivity index (χ2v) is 14.7. The highest BCUT2D eigenvalue weighted by atomic mass is 32.2. The predicted octanol–water partition coefficient (Wildman–Crippen LogP) is 9.46. The molecule has 254 valence electrons. The van der Waals surface area contributed by atoms with E-state index in [1.165, 1.54) is 0 Å². The molecule has 14 heteroatoms. The van der Waals surface area contributed by atoms with Crippen LogP contribution in [0.1, 0.15) is 22.3 Å². The van der Waals surface area contributed by atoms with E-state index in [4.69, 9.17) is 2.82 Å². The van der Waals surface area contributed by atoms with Crippen LogP contribution >= 0.6 is 0 Å². The fraction of sp³-hybridized carbons (Fsp3) is 0.111. The number of aromatic hydroxyl groups is 2. The van der Waals surface area contributed by atoms with Crippen molar-refractivity contribution in [2.45, 2.75) is 37.5 Å². The van der Waals surface area contributed by atoms with Crippen LogP contribution in [0.4, 0.5) is 11.4 Å². The molecule has 0 aliphatic heterocycles. The number of phenolic OH excluding ortho intramolecular Hbond substituents is 2. The van der Waals surface area contributed by atoms with Crippen molar-refractivity contribution in [1.82, 2.24) is 0 Å². The number of hydrogen-bond donors (Lipinski definition) is 6. The highest BCUT2D eigenvalue weighted by Gasteiger charge is 2.31. The second kappa shape index (κ2) is 12.1. The smallest absolute Gasteiger partial charge is 0.297 e. The molecule has 6 N–H and O–H groups in total. The van der Waals surface area contributed by atoms with E-state index in [1.54, 1.807) is 76.2 Å². The van der Waals surface area contributed by atoms with Crippen LogP contribution in [0.3, 0.4) is 0 Å². The Morgan fingerprint density at radius 3 is 1.12 bits per heavy atom. The van der Waals surface area contributed by atoms with Crippen molar-refractivity contribution in [3.05, 3.63) is 95.1 Å². The first-order valence-corrected chi connectivity index (χ1v) is 17.8. The molecule has 12 nitrogen and oxygen atoms in total. The lowest BCUT2D eigenvalue weighted by atomic mass is 9.86. The van der Waals surface area contributed by atoms with Gasteiger partial charge in [0.2, 0.25) is 2.82 Å². The summed E-state index contributed by atoms with van der Waals surface area (Å²) in [5, 5.41) is 30.1. The van der Waals surface area contributed by atoms with Gasteiger partial charge < -0.3 is 10.2 Å². The average Bonchev–Trinajstić information content (AvgIpc) is 3.06. The molecule has 0 aromatic heterocycles. The van der Waals surface area contributed by atoms with Crippen LogP contribution < -0.4 is 0 Å². The Hall–Kier alpha value is -5.54. The molecule has 6 aromatic carbocycles. The Morgan fingerprint density at radius 1 is 0.540 bits per heavy atom. The minimum Gasteiger partial charge on any atom is -0.505 e. The first-order chi connectivity index (χ1) is 24.5. The minimum absolute atomic E-state index is 0.0696. The second-order valence-electron chi connectivity index (χ2n) is 12.0. The highest BCUT2D eigenvalue weighted by molar-refractivity contribution is 7.86. The maximum atomic E-state index is 12.9. The zero-order valence-electron chi connectivity index (χ0n) is 29.0. The van der Waals surface area contributed by atoms with Crippen molar-refractivity contribution < 1.29 is 39.0 Å². The number of hydrogen-bond acceptors (Lipinski definition) is 10. The van der Waals surface area contributed by atoms with Crippen molar-refractivity contribution >= 4 is 53.2 Å². The van der Waals surface area contributed by atoms with Crippen LogP contribution in [0.15, 0.2) is 92.8 Å². The van der Waals surface area contributed by atoms with E-state index in [2.05, 4.69) is 21.3 Å². The van der Waals surface area contributed by atoms with E-state index in [1.807, 2.05) is 24.3 Å². The number of rotatable bonds is 7. The van der Waals surface area contributed by atoms with Crippen LogP contribution in [0, 0.1) is 38.7 Å². The van der Waals surface area contributed by atoms with E-state index < -0.39 is 52.9 Å². The molecule has 0 aliphatic rings. The molecule has 0 atom stereocenters. The Morgan fingerprint density at radius 2 is 0.840 bits per heavy atom. The maximum absolute atomic E-state index is 12.9. The number of aryl methyl sites for hydroxylation is 4. The van der Waals surface area contributed by atoms with Gasteiger partial charge in [-0.05, 0) is 83.0 Å². The first-order valence-electron chi connectivity index (χ1n) is 15.8. The van der Waals surface area contributed by atoms with Crippen LogP contribution in [0.25, 0.3) is 54.9 Å². The van der Waals surface area contributed by atoms with Crippen LogP contribution in [-0.4, -0.2) is 36.2 Å². The molecule has 0 unspecified atom stereocenters. The molecule has 6 aromatic rings. The van der Waals surface area contributed by atoms with Gasteiger partial charge >= 0.3 is 0 Å². The molecule has 6 rings (SSSR count). The molecule has 0 radical (unpaired) electrons. The molecule has 0 amide bonds. The number of nitrogens with zero attached hydrogens (tertiary/aromatic N) is 2. The van der Waals surface area contributed by atoms with Crippen molar-refractivity contribution in [1.29, 1.82) is 11.0 Å². The first kappa shape index (κ1) is 31.7. The highest BCUT2D eigenvalue weighted by Crippen LogP contribution is 2.51. The standard InChI is InChI=1S/C36H30N4O8S2/c1-17-13-21(14-18(2)27(17)29-23-9-5-7-11-25(23)33(41)31(39-37)35(29)49(43,44)45)22-15-19(3)28(20(4)16-22)30-24-10-6-8-12-26(24)34(42)32(40-38)36(30)50(46,47)48/h5-16,37-38,41-42H,1-4H3,(H,43,44,45)(H,46,47,48)/b39-37+,40-38+. The number of phenols is 2. The number of benzene rings is 6. The van der Waals surface area contributed by atoms with Gasteiger partial charge in [0.25, 0.3) is 20.2 Å². The van der Waals surface area contributed by atoms with Gasteiger partial charge in [0, 0.05) is 21.9 Å². The molecule has 50 heavy (non-hydrogen) atoms. The summed E-state index contributed by atoms with van der Waals surface area (Å²) in [6.45, 7) is 7.02. The summed E-state index contributed by atoms with van der Waals surface area (Å²) in [6.07, 6.45) is 0. The lowest BCUT2D eigenvalue weighted by molar-refractivity contribution is 0.472. The zero-order chi connectivity index (χ0) is 37.9. The lowest BCUT2D eigenvalue weighted by Gasteiger charge is -2.21. The van der Waals surface area contributed by atoms with Gasteiger partial charge in [-0.2, -0.15) is 27.1 Å². The maximum Gasteiger partial charge on any atom is 0.297 e. The number of nitrogens with one attached hydrogen (secondary N) is 2. The third-order valence-corrected chi connectivity index (χ3v) is 10.7. The minimum atomic E-state index is -5.02. The van der Waals surface area contributed by atoms with Crippen LogP contribution in [0.2, 0.25) is 2.82 Å². The van der Waals surface area contributed by atoms with E-state index in [-0.39, 0.29) is 21.9 Å². The zero-order valence-corrected chi connectivity index (χ0v) is 28.6. The summed E-state index contributed by atoms with van der Waals surface area (Å²) < 4.78 is 86.9. The van der Waals surface area contributed by atoms with Gasteiger partial charge in [-0.25, -0.2) is 11.0 Å². The summed E-state index contributed by atoms with van der Waals surface area (Å²) in [5.74, 6) is -1.12. The van der Waals surface area contributed by atoms with Crippen molar-refractivity contribution in [2.24, 2.45) is 10.2 Å². The van der Waals surface area contributed by atoms with E-state index in [9.17, 15) is 36.2 Å². The largest absolute Gasteiger partial charge is 0.505 e. The molecule has 0 saturated carbocycles. The van der Waals surface area contributed by atoms with Crippen LogP contribution in [0.5, 0.6) is 11.5 Å². The fourth-order valence-electron chi connectivity index (χ4n) is 7.00. The fourth-order valence-corrected chi connectivity index (χ4v) is 8.70. The summed E-state index contributed by atoms with van der Waals surface area (Å²) in [4.78, 5) is -1.40. The number of fused-ring (bicyclic) bond motifs is 2. The molecule has 0 spiro atoms. The van der Waals surface area contributed by atoms with Gasteiger partial charge in [0.05, 0.1) is 0 Å². The van der Waals surface area contributed by atoms with Crippen molar-refractivity contribution in [2.75, 3.05) is 0 Å². The van der Waals surface area contributed by atoms with Gasteiger partial charge in [-0.3, -0.25) is 9.11 Å². The topological polar surface area (TPSA) is 222 Å². The summed E-state index contributed by atoms with van der Waals surface area (Å²) in [5.41, 5.74) is 9.51. The van der Waals surface area contributed by atoms with Crippen LogP contribution in [-0.2, 0) is 20.2 Å². The Labute approximate surface area is 290 Å².